The van der Waals surface area contributed by atoms with Gasteiger partial charge in [0.05, 0.1) is 14.2 Å². The molecule has 0 aliphatic heterocycles. The normalized spacial score (nSPS) is 11.1. The van der Waals surface area contributed by atoms with E-state index in [9.17, 15) is 0 Å². The Bertz CT molecular complexity index is 576. The lowest BCUT2D eigenvalue weighted by atomic mass is 10.0. The molecule has 94 valence electrons. The third-order valence-corrected chi connectivity index (χ3v) is 3.22. The molecule has 0 bridgehead atoms. The van der Waals surface area contributed by atoms with Crippen LogP contribution in [0.25, 0.3) is 10.8 Å². The minimum Gasteiger partial charge on any atom is -0.497 e. The number of allylic oxidation sites excluding steroid dienone is 1. The number of fused-ring (bicyclic) bond motifs is 1. The van der Waals surface area contributed by atoms with Crippen LogP contribution in [0.1, 0.15) is 5.56 Å². The molecule has 0 atom stereocenters. The average molecular weight is 307 g/mol. The van der Waals surface area contributed by atoms with Gasteiger partial charge in [0.25, 0.3) is 0 Å². The summed E-state index contributed by atoms with van der Waals surface area (Å²) in [5.41, 5.74) is 1.22. The van der Waals surface area contributed by atoms with Crippen molar-refractivity contribution < 1.29 is 9.47 Å². The van der Waals surface area contributed by atoms with Crippen LogP contribution in [-0.4, -0.2) is 14.2 Å². The van der Waals surface area contributed by atoms with E-state index in [2.05, 4.69) is 40.2 Å². The Morgan fingerprint density at radius 3 is 2.61 bits per heavy atom. The molecule has 18 heavy (non-hydrogen) atoms. The molecule has 0 saturated heterocycles. The monoisotopic (exact) mass is 306 g/mol. The Kier molecular flexibility index (Phi) is 4.26. The van der Waals surface area contributed by atoms with Crippen LogP contribution < -0.4 is 9.47 Å². The summed E-state index contributed by atoms with van der Waals surface area (Å²) in [5, 5.41) is 2.23. The number of rotatable bonds is 4. The molecule has 0 unspecified atom stereocenters. The topological polar surface area (TPSA) is 18.5 Å². The Morgan fingerprint density at radius 1 is 1.11 bits per heavy atom. The molecule has 0 radical (unpaired) electrons. The smallest absolute Gasteiger partial charge is 0.127 e. The fourth-order valence-electron chi connectivity index (χ4n) is 1.96. The summed E-state index contributed by atoms with van der Waals surface area (Å²) in [6, 6.07) is 10.3. The zero-order valence-electron chi connectivity index (χ0n) is 10.4. The summed E-state index contributed by atoms with van der Waals surface area (Å²) in [4.78, 5) is 1.87. The second-order valence-corrected chi connectivity index (χ2v) is 4.48. The van der Waals surface area contributed by atoms with Crippen molar-refractivity contribution in [3.63, 3.8) is 0 Å². The van der Waals surface area contributed by atoms with Crippen LogP contribution in [0.3, 0.4) is 0 Å². The molecule has 2 rings (SSSR count). The van der Waals surface area contributed by atoms with Gasteiger partial charge in [0, 0.05) is 5.39 Å². The van der Waals surface area contributed by atoms with Gasteiger partial charge >= 0.3 is 0 Å². The highest BCUT2D eigenvalue weighted by Crippen LogP contribution is 2.31. The summed E-state index contributed by atoms with van der Waals surface area (Å²) in [5.74, 6) is 1.72. The quantitative estimate of drug-likeness (QED) is 0.838. The van der Waals surface area contributed by atoms with Crippen LogP contribution >= 0.6 is 15.9 Å². The van der Waals surface area contributed by atoms with E-state index in [0.717, 1.165) is 28.7 Å². The lowest BCUT2D eigenvalue weighted by Gasteiger charge is -2.09. The molecule has 0 aliphatic carbocycles. The van der Waals surface area contributed by atoms with Crippen LogP contribution in [0.15, 0.2) is 41.4 Å². The summed E-state index contributed by atoms with van der Waals surface area (Å²) in [6.07, 6.45) is 2.94. The van der Waals surface area contributed by atoms with Gasteiger partial charge in [0.1, 0.15) is 11.5 Å². The highest BCUT2D eigenvalue weighted by molar-refractivity contribution is 9.11. The molecule has 0 fully saturated rings. The molecule has 0 N–H and O–H groups in total. The molecule has 3 heteroatoms. The molecule has 0 amide bonds. The van der Waals surface area contributed by atoms with Gasteiger partial charge in [-0.1, -0.05) is 34.1 Å². The van der Waals surface area contributed by atoms with Gasteiger partial charge in [-0.25, -0.2) is 0 Å². The zero-order chi connectivity index (χ0) is 13.0. The fraction of sp³-hybridized carbons (Fsp3) is 0.200. The number of hydrogen-bond acceptors (Lipinski definition) is 2. The van der Waals surface area contributed by atoms with Crippen molar-refractivity contribution in [2.45, 2.75) is 6.42 Å². The molecule has 0 saturated carbocycles. The van der Waals surface area contributed by atoms with Crippen LogP contribution in [0, 0.1) is 0 Å². The van der Waals surface area contributed by atoms with Crippen LogP contribution in [0.5, 0.6) is 11.5 Å². The van der Waals surface area contributed by atoms with E-state index in [0.29, 0.717) is 0 Å². The molecule has 2 nitrogen and oxygen atoms in total. The number of halogens is 1. The summed E-state index contributed by atoms with van der Waals surface area (Å²) in [7, 11) is 3.36. The van der Waals surface area contributed by atoms with Gasteiger partial charge < -0.3 is 9.47 Å². The molecule has 2 aromatic carbocycles. The van der Waals surface area contributed by atoms with Crippen molar-refractivity contribution in [1.29, 1.82) is 0 Å². The first-order valence-corrected chi connectivity index (χ1v) is 6.60. The second kappa shape index (κ2) is 5.91. The van der Waals surface area contributed by atoms with Crippen molar-refractivity contribution in [1.82, 2.24) is 0 Å². The zero-order valence-corrected chi connectivity index (χ0v) is 12.0. The van der Waals surface area contributed by atoms with Gasteiger partial charge in [0.2, 0.25) is 0 Å². The summed E-state index contributed by atoms with van der Waals surface area (Å²) < 4.78 is 10.7. The first kappa shape index (κ1) is 13.0. The molecule has 2 aromatic rings. The SMILES string of the molecule is COc1ccc2cc(CC=CBr)cc(OC)c2c1. The van der Waals surface area contributed by atoms with Gasteiger partial charge in [-0.2, -0.15) is 0 Å². The third-order valence-electron chi connectivity index (χ3n) is 2.85. The number of methoxy groups -OCH3 is 2. The van der Waals surface area contributed by atoms with Gasteiger partial charge in [-0.05, 0) is 40.6 Å². The van der Waals surface area contributed by atoms with Crippen LogP contribution in [0.4, 0.5) is 0 Å². The summed E-state index contributed by atoms with van der Waals surface area (Å²) >= 11 is 3.28. The molecular weight excluding hydrogens is 292 g/mol. The Hall–Kier alpha value is -1.48. The van der Waals surface area contributed by atoms with E-state index in [4.69, 9.17) is 9.47 Å². The van der Waals surface area contributed by atoms with Gasteiger partial charge in [0.15, 0.2) is 0 Å². The first-order chi connectivity index (χ1) is 8.78. The van der Waals surface area contributed by atoms with Crippen molar-refractivity contribution >= 4 is 26.7 Å². The fourth-order valence-corrected chi connectivity index (χ4v) is 2.14. The lowest BCUT2D eigenvalue weighted by Crippen LogP contribution is -1.90. The average Bonchev–Trinajstić information content (AvgIpc) is 2.43. The minimum absolute atomic E-state index is 0.842. The third kappa shape index (κ3) is 2.67. The molecular formula is C15H15BrO2. The number of benzene rings is 2. The molecule has 0 aromatic heterocycles. The van der Waals surface area contributed by atoms with Crippen molar-refractivity contribution in [2.24, 2.45) is 0 Å². The maximum absolute atomic E-state index is 5.46. The number of ether oxygens (including phenoxy) is 2. The van der Waals surface area contributed by atoms with Crippen molar-refractivity contribution in [2.75, 3.05) is 14.2 Å². The van der Waals surface area contributed by atoms with Crippen LogP contribution in [0.2, 0.25) is 0 Å². The second-order valence-electron chi connectivity index (χ2n) is 3.95. The first-order valence-electron chi connectivity index (χ1n) is 5.68. The molecule has 0 spiro atoms. The predicted octanol–water partition coefficient (Wildman–Crippen LogP) is 4.31. The van der Waals surface area contributed by atoms with Crippen molar-refractivity contribution in [3.8, 4) is 11.5 Å². The maximum Gasteiger partial charge on any atom is 0.127 e. The predicted molar refractivity (Wildman–Crippen MR) is 78.8 cm³/mol. The van der Waals surface area contributed by atoms with E-state index in [1.165, 1.54) is 5.56 Å². The Morgan fingerprint density at radius 2 is 1.94 bits per heavy atom. The minimum atomic E-state index is 0.842. The van der Waals surface area contributed by atoms with E-state index in [1.807, 2.05) is 17.1 Å². The lowest BCUT2D eigenvalue weighted by molar-refractivity contribution is 0.412. The van der Waals surface area contributed by atoms with E-state index < -0.39 is 0 Å². The maximum atomic E-state index is 5.46. The van der Waals surface area contributed by atoms with E-state index >= 15 is 0 Å². The van der Waals surface area contributed by atoms with Crippen LogP contribution in [-0.2, 0) is 6.42 Å². The standard InChI is InChI=1S/C15H15BrO2/c1-17-13-6-5-12-8-11(4-3-7-16)9-15(18-2)14(12)10-13/h3,5-10H,4H2,1-2H3. The Balaban J connectivity index is 2.55. The highest BCUT2D eigenvalue weighted by atomic mass is 79.9. The molecule has 0 heterocycles. The van der Waals surface area contributed by atoms with E-state index in [-0.39, 0.29) is 0 Å². The van der Waals surface area contributed by atoms with Gasteiger partial charge in [-0.15, -0.1) is 0 Å². The van der Waals surface area contributed by atoms with Gasteiger partial charge in [-0.3, -0.25) is 0 Å². The molecule has 0 aliphatic rings. The largest absolute Gasteiger partial charge is 0.497 e. The Labute approximate surface area is 115 Å². The highest BCUT2D eigenvalue weighted by Gasteiger charge is 2.05. The number of hydrogen-bond donors (Lipinski definition) is 0. The summed E-state index contributed by atoms with van der Waals surface area (Å²) in [6.45, 7) is 0. The van der Waals surface area contributed by atoms with E-state index in [1.54, 1.807) is 14.2 Å². The van der Waals surface area contributed by atoms with Crippen molar-refractivity contribution in [3.05, 3.63) is 47.0 Å².